The number of para-hydroxylation sites is 1. The smallest absolute Gasteiger partial charge is 0.416 e. The van der Waals surface area contributed by atoms with Crippen LogP contribution in [0.25, 0.3) is 0 Å². The van der Waals surface area contributed by atoms with Crippen molar-refractivity contribution in [2.24, 2.45) is 0 Å². The highest BCUT2D eigenvalue weighted by atomic mass is 35.5. The van der Waals surface area contributed by atoms with Gasteiger partial charge in [-0.15, -0.1) is 0 Å². The number of carbonyl (C=O) groups excluding carboxylic acids is 1. The highest BCUT2D eigenvalue weighted by molar-refractivity contribution is 6.34. The van der Waals surface area contributed by atoms with Crippen molar-refractivity contribution in [3.63, 3.8) is 0 Å². The van der Waals surface area contributed by atoms with Crippen molar-refractivity contribution in [3.05, 3.63) is 58.6 Å². The van der Waals surface area contributed by atoms with Crippen LogP contribution < -0.4 is 10.1 Å². The molecule has 140 valence electrons. The first-order valence-corrected chi connectivity index (χ1v) is 8.60. The van der Waals surface area contributed by atoms with Crippen LogP contribution in [-0.4, -0.2) is 12.5 Å². The van der Waals surface area contributed by atoms with Crippen LogP contribution in [-0.2, 0) is 6.18 Å². The summed E-state index contributed by atoms with van der Waals surface area (Å²) < 4.78 is 44.2. The van der Waals surface area contributed by atoms with E-state index in [0.29, 0.717) is 12.4 Å². The number of amides is 1. The lowest BCUT2D eigenvalue weighted by atomic mass is 10.1. The van der Waals surface area contributed by atoms with Gasteiger partial charge in [0.25, 0.3) is 5.91 Å². The SMILES string of the molecule is CCCCCOc1ccccc1C(=O)Nc1cc(C(F)(F)F)ccc1Cl. The van der Waals surface area contributed by atoms with Crippen LogP contribution in [0.2, 0.25) is 5.02 Å². The Morgan fingerprint density at radius 2 is 1.88 bits per heavy atom. The van der Waals surface area contributed by atoms with E-state index in [2.05, 4.69) is 12.2 Å². The summed E-state index contributed by atoms with van der Waals surface area (Å²) in [5.74, 6) is -0.207. The van der Waals surface area contributed by atoms with E-state index in [-0.39, 0.29) is 16.3 Å². The number of hydrogen-bond acceptors (Lipinski definition) is 2. The van der Waals surface area contributed by atoms with Crippen molar-refractivity contribution in [2.75, 3.05) is 11.9 Å². The molecule has 26 heavy (non-hydrogen) atoms. The van der Waals surface area contributed by atoms with Crippen LogP contribution in [0.15, 0.2) is 42.5 Å². The summed E-state index contributed by atoms with van der Waals surface area (Å²) >= 11 is 5.92. The predicted molar refractivity (Wildman–Crippen MR) is 95.9 cm³/mol. The zero-order valence-electron chi connectivity index (χ0n) is 14.2. The highest BCUT2D eigenvalue weighted by Gasteiger charge is 2.31. The van der Waals surface area contributed by atoms with E-state index >= 15 is 0 Å². The van der Waals surface area contributed by atoms with Crippen LogP contribution in [0.3, 0.4) is 0 Å². The number of anilines is 1. The minimum Gasteiger partial charge on any atom is -0.493 e. The maximum Gasteiger partial charge on any atom is 0.416 e. The Hall–Kier alpha value is -2.21. The van der Waals surface area contributed by atoms with E-state index in [1.54, 1.807) is 24.3 Å². The number of hydrogen-bond donors (Lipinski definition) is 1. The van der Waals surface area contributed by atoms with Crippen LogP contribution in [0.4, 0.5) is 18.9 Å². The molecule has 1 amide bonds. The van der Waals surface area contributed by atoms with Crippen LogP contribution >= 0.6 is 11.6 Å². The minimum absolute atomic E-state index is 0.0210. The average molecular weight is 386 g/mol. The summed E-state index contributed by atoms with van der Waals surface area (Å²) in [4.78, 5) is 12.5. The topological polar surface area (TPSA) is 38.3 Å². The van der Waals surface area contributed by atoms with Crippen molar-refractivity contribution < 1.29 is 22.7 Å². The van der Waals surface area contributed by atoms with Gasteiger partial charge in [-0.3, -0.25) is 4.79 Å². The molecule has 7 heteroatoms. The zero-order chi connectivity index (χ0) is 19.2. The van der Waals surface area contributed by atoms with Gasteiger partial charge in [-0.1, -0.05) is 43.5 Å². The van der Waals surface area contributed by atoms with Gasteiger partial charge in [-0.05, 0) is 36.8 Å². The molecule has 0 bridgehead atoms. The maximum absolute atomic E-state index is 12.9. The van der Waals surface area contributed by atoms with Gasteiger partial charge in [-0.25, -0.2) is 0 Å². The fourth-order valence-electron chi connectivity index (χ4n) is 2.30. The van der Waals surface area contributed by atoms with Crippen molar-refractivity contribution in [2.45, 2.75) is 32.4 Å². The Labute approximate surface area is 155 Å². The van der Waals surface area contributed by atoms with Crippen LogP contribution in [0, 0.1) is 0 Å². The fourth-order valence-corrected chi connectivity index (χ4v) is 2.47. The first-order valence-electron chi connectivity index (χ1n) is 8.23. The lowest BCUT2D eigenvalue weighted by Crippen LogP contribution is -2.15. The summed E-state index contributed by atoms with van der Waals surface area (Å²) in [6, 6.07) is 9.35. The monoisotopic (exact) mass is 385 g/mol. The van der Waals surface area contributed by atoms with Gasteiger partial charge in [0.05, 0.1) is 28.4 Å². The Kier molecular flexibility index (Phi) is 6.91. The van der Waals surface area contributed by atoms with E-state index < -0.39 is 17.6 Å². The summed E-state index contributed by atoms with van der Waals surface area (Å²) in [5.41, 5.74) is -0.758. The molecular formula is C19H19ClF3NO2. The molecule has 0 aliphatic heterocycles. The Balaban J connectivity index is 2.18. The molecule has 2 aromatic carbocycles. The van der Waals surface area contributed by atoms with E-state index in [0.717, 1.165) is 37.5 Å². The minimum atomic E-state index is -4.52. The Morgan fingerprint density at radius 1 is 1.15 bits per heavy atom. The molecule has 1 N–H and O–H groups in total. The van der Waals surface area contributed by atoms with Gasteiger partial charge >= 0.3 is 6.18 Å². The standard InChI is InChI=1S/C19H19ClF3NO2/c1-2-3-6-11-26-17-8-5-4-7-14(17)18(25)24-16-12-13(19(21,22)23)9-10-15(16)20/h4-5,7-10,12H,2-3,6,11H2,1H3,(H,24,25). The molecule has 2 aromatic rings. The normalized spacial score (nSPS) is 11.3. The van der Waals surface area contributed by atoms with Gasteiger partial charge in [0, 0.05) is 0 Å². The Morgan fingerprint density at radius 3 is 2.58 bits per heavy atom. The molecule has 0 saturated heterocycles. The van der Waals surface area contributed by atoms with Gasteiger partial charge < -0.3 is 10.1 Å². The average Bonchev–Trinajstić information content (AvgIpc) is 2.60. The quantitative estimate of drug-likeness (QED) is 0.578. The third-order valence-corrected chi connectivity index (χ3v) is 4.01. The Bertz CT molecular complexity index is 763. The zero-order valence-corrected chi connectivity index (χ0v) is 15.0. The van der Waals surface area contributed by atoms with E-state index in [4.69, 9.17) is 16.3 Å². The first-order chi connectivity index (χ1) is 12.3. The molecule has 0 spiro atoms. The van der Waals surface area contributed by atoms with E-state index in [1.807, 2.05) is 0 Å². The number of rotatable bonds is 7. The third-order valence-electron chi connectivity index (χ3n) is 3.68. The maximum atomic E-state index is 12.9. The first kappa shape index (κ1) is 20.1. The van der Waals surface area contributed by atoms with Gasteiger partial charge in [-0.2, -0.15) is 13.2 Å². The predicted octanol–water partition coefficient (Wildman–Crippen LogP) is 6.18. The lowest BCUT2D eigenvalue weighted by molar-refractivity contribution is -0.137. The molecule has 3 nitrogen and oxygen atoms in total. The summed E-state index contributed by atoms with van der Waals surface area (Å²) in [5, 5.41) is 2.45. The number of ether oxygens (including phenoxy) is 1. The second kappa shape index (κ2) is 8.94. The molecule has 0 radical (unpaired) electrons. The molecule has 0 unspecified atom stereocenters. The third kappa shape index (κ3) is 5.39. The molecular weight excluding hydrogens is 367 g/mol. The second-order valence-corrected chi connectivity index (χ2v) is 6.11. The second-order valence-electron chi connectivity index (χ2n) is 5.70. The summed E-state index contributed by atoms with van der Waals surface area (Å²) in [6.07, 6.45) is -1.62. The molecule has 0 heterocycles. The summed E-state index contributed by atoms with van der Waals surface area (Å²) in [6.45, 7) is 2.53. The molecule has 0 aliphatic carbocycles. The van der Waals surface area contributed by atoms with Crippen molar-refractivity contribution in [1.82, 2.24) is 0 Å². The molecule has 2 rings (SSSR count). The lowest BCUT2D eigenvalue weighted by Gasteiger charge is -2.14. The van der Waals surface area contributed by atoms with Gasteiger partial charge in [0.15, 0.2) is 0 Å². The van der Waals surface area contributed by atoms with Gasteiger partial charge in [0.2, 0.25) is 0 Å². The summed E-state index contributed by atoms with van der Waals surface area (Å²) in [7, 11) is 0. The number of benzene rings is 2. The van der Waals surface area contributed by atoms with Crippen molar-refractivity contribution in [3.8, 4) is 5.75 Å². The van der Waals surface area contributed by atoms with E-state index in [9.17, 15) is 18.0 Å². The number of nitrogens with one attached hydrogen (secondary N) is 1. The number of unbranched alkanes of at least 4 members (excludes halogenated alkanes) is 2. The van der Waals surface area contributed by atoms with Crippen LogP contribution in [0.5, 0.6) is 5.75 Å². The fraction of sp³-hybridized carbons (Fsp3) is 0.316. The molecule has 0 aromatic heterocycles. The van der Waals surface area contributed by atoms with Crippen molar-refractivity contribution >= 4 is 23.2 Å². The van der Waals surface area contributed by atoms with Crippen molar-refractivity contribution in [1.29, 1.82) is 0 Å². The van der Waals surface area contributed by atoms with Gasteiger partial charge in [0.1, 0.15) is 5.75 Å². The van der Waals surface area contributed by atoms with Crippen LogP contribution in [0.1, 0.15) is 42.1 Å². The number of carbonyl (C=O) groups is 1. The molecule has 0 atom stereocenters. The van der Waals surface area contributed by atoms with E-state index in [1.165, 1.54) is 0 Å². The molecule has 0 aliphatic rings. The molecule has 0 saturated carbocycles. The highest BCUT2D eigenvalue weighted by Crippen LogP contribution is 2.34. The molecule has 0 fully saturated rings. The number of halogens is 4. The largest absolute Gasteiger partial charge is 0.493 e. The number of alkyl halides is 3.